The van der Waals surface area contributed by atoms with Gasteiger partial charge in [0.1, 0.15) is 11.9 Å². The number of benzene rings is 2. The zero-order valence-electron chi connectivity index (χ0n) is 17.4. The second-order valence-corrected chi connectivity index (χ2v) is 9.30. The van der Waals surface area contributed by atoms with E-state index >= 15 is 0 Å². The molecule has 30 heavy (non-hydrogen) atoms. The van der Waals surface area contributed by atoms with Crippen molar-refractivity contribution in [2.45, 2.75) is 26.4 Å². The summed E-state index contributed by atoms with van der Waals surface area (Å²) < 4.78 is 6.48. The van der Waals surface area contributed by atoms with Crippen LogP contribution in [0.5, 0.6) is 0 Å². The topological polar surface area (TPSA) is 58.6 Å². The normalized spacial score (nSPS) is 14.8. The molecule has 0 bridgehead atoms. The Kier molecular flexibility index (Phi) is 5.64. The summed E-state index contributed by atoms with van der Waals surface area (Å²) in [5.74, 6) is 0. The van der Waals surface area contributed by atoms with E-state index in [4.69, 9.17) is 4.74 Å². The van der Waals surface area contributed by atoms with E-state index < -0.39 is 5.60 Å². The van der Waals surface area contributed by atoms with Crippen molar-refractivity contribution in [1.29, 1.82) is 0 Å². The standard InChI is InChI=1S/C23H25BrN4O2/c1-23(2,3)30-22(29)28-12-10-27(11-13-28)18-7-4-16(5-8-18)21-19-14-17(24)6-9-20(19)25-15-26-21/h4-9,14-15H,10-13H2,1-3H3. The van der Waals surface area contributed by atoms with Crippen LogP contribution in [0.2, 0.25) is 0 Å². The number of carbonyl (C=O) groups excluding carboxylic acids is 1. The highest BCUT2D eigenvalue weighted by molar-refractivity contribution is 9.10. The van der Waals surface area contributed by atoms with Crippen LogP contribution in [0.15, 0.2) is 53.3 Å². The van der Waals surface area contributed by atoms with Gasteiger partial charge in [-0.15, -0.1) is 0 Å². The SMILES string of the molecule is CC(C)(C)OC(=O)N1CCN(c2ccc(-c3ncnc4ccc(Br)cc34)cc2)CC1. The number of hydrogen-bond donors (Lipinski definition) is 0. The highest BCUT2D eigenvalue weighted by Gasteiger charge is 2.26. The van der Waals surface area contributed by atoms with E-state index in [1.54, 1.807) is 11.2 Å². The van der Waals surface area contributed by atoms with Gasteiger partial charge in [-0.3, -0.25) is 0 Å². The molecule has 6 nitrogen and oxygen atoms in total. The molecule has 0 atom stereocenters. The lowest BCUT2D eigenvalue weighted by Gasteiger charge is -2.36. The van der Waals surface area contributed by atoms with Crippen molar-refractivity contribution in [3.63, 3.8) is 0 Å². The zero-order chi connectivity index (χ0) is 21.3. The van der Waals surface area contributed by atoms with Gasteiger partial charge in [-0.2, -0.15) is 0 Å². The number of fused-ring (bicyclic) bond motifs is 1. The molecule has 0 unspecified atom stereocenters. The summed E-state index contributed by atoms with van der Waals surface area (Å²) in [7, 11) is 0. The molecule has 3 aromatic rings. The Morgan fingerprint density at radius 1 is 1.00 bits per heavy atom. The van der Waals surface area contributed by atoms with Gasteiger partial charge in [0.2, 0.25) is 0 Å². The third-order valence-electron chi connectivity index (χ3n) is 5.03. The molecule has 1 saturated heterocycles. The quantitative estimate of drug-likeness (QED) is 0.522. The number of rotatable bonds is 2. The van der Waals surface area contributed by atoms with Crippen molar-refractivity contribution in [3.8, 4) is 11.3 Å². The van der Waals surface area contributed by atoms with Crippen molar-refractivity contribution >= 4 is 38.6 Å². The van der Waals surface area contributed by atoms with Crippen molar-refractivity contribution in [1.82, 2.24) is 14.9 Å². The lowest BCUT2D eigenvalue weighted by atomic mass is 10.1. The molecule has 1 aromatic heterocycles. The molecule has 0 saturated carbocycles. The molecule has 0 aliphatic carbocycles. The molecule has 1 aliphatic rings. The molecule has 1 amide bonds. The number of carbonyl (C=O) groups is 1. The second-order valence-electron chi connectivity index (χ2n) is 8.39. The highest BCUT2D eigenvalue weighted by Crippen LogP contribution is 2.29. The van der Waals surface area contributed by atoms with Gasteiger partial charge in [0, 0.05) is 47.3 Å². The van der Waals surface area contributed by atoms with Gasteiger partial charge in [-0.05, 0) is 51.1 Å². The summed E-state index contributed by atoms with van der Waals surface area (Å²) in [4.78, 5) is 25.2. The van der Waals surface area contributed by atoms with E-state index in [1.807, 2.05) is 32.9 Å². The van der Waals surface area contributed by atoms with Crippen LogP contribution in [-0.2, 0) is 4.74 Å². The molecular formula is C23H25BrN4O2. The molecule has 1 aliphatic heterocycles. The molecule has 4 rings (SSSR count). The molecular weight excluding hydrogens is 444 g/mol. The average Bonchev–Trinajstić information content (AvgIpc) is 2.72. The van der Waals surface area contributed by atoms with E-state index in [0.717, 1.165) is 45.4 Å². The predicted molar refractivity (Wildman–Crippen MR) is 123 cm³/mol. The van der Waals surface area contributed by atoms with Gasteiger partial charge in [0.25, 0.3) is 0 Å². The third-order valence-corrected chi connectivity index (χ3v) is 5.53. The Morgan fingerprint density at radius 3 is 2.37 bits per heavy atom. The van der Waals surface area contributed by atoms with Crippen molar-refractivity contribution in [2.75, 3.05) is 31.1 Å². The summed E-state index contributed by atoms with van der Waals surface area (Å²) in [6, 6.07) is 14.4. The number of hydrogen-bond acceptors (Lipinski definition) is 5. The lowest BCUT2D eigenvalue weighted by molar-refractivity contribution is 0.0240. The first-order chi connectivity index (χ1) is 14.3. The Balaban J connectivity index is 1.47. The zero-order valence-corrected chi connectivity index (χ0v) is 19.0. The van der Waals surface area contributed by atoms with Crippen LogP contribution in [0.4, 0.5) is 10.5 Å². The van der Waals surface area contributed by atoms with Crippen LogP contribution in [0.3, 0.4) is 0 Å². The first-order valence-corrected chi connectivity index (χ1v) is 10.8. The first kappa shape index (κ1) is 20.6. The maximum absolute atomic E-state index is 12.3. The van der Waals surface area contributed by atoms with E-state index in [2.05, 4.69) is 61.1 Å². The summed E-state index contributed by atoms with van der Waals surface area (Å²) in [6.07, 6.45) is 1.37. The Hall–Kier alpha value is -2.67. The highest BCUT2D eigenvalue weighted by atomic mass is 79.9. The van der Waals surface area contributed by atoms with Crippen molar-refractivity contribution < 1.29 is 9.53 Å². The molecule has 156 valence electrons. The first-order valence-electron chi connectivity index (χ1n) is 10.0. The minimum Gasteiger partial charge on any atom is -0.444 e. The summed E-state index contributed by atoms with van der Waals surface area (Å²) >= 11 is 3.53. The summed E-state index contributed by atoms with van der Waals surface area (Å²) in [6.45, 7) is 8.54. The number of aromatic nitrogens is 2. The van der Waals surface area contributed by atoms with Crippen molar-refractivity contribution in [3.05, 3.63) is 53.3 Å². The van der Waals surface area contributed by atoms with Gasteiger partial charge >= 0.3 is 6.09 Å². The number of anilines is 1. The minimum absolute atomic E-state index is 0.237. The van der Waals surface area contributed by atoms with Gasteiger partial charge in [0.05, 0.1) is 11.2 Å². The van der Waals surface area contributed by atoms with E-state index in [-0.39, 0.29) is 6.09 Å². The predicted octanol–water partition coefficient (Wildman–Crippen LogP) is 5.12. The van der Waals surface area contributed by atoms with Crippen LogP contribution in [0.1, 0.15) is 20.8 Å². The van der Waals surface area contributed by atoms with Crippen LogP contribution in [0.25, 0.3) is 22.2 Å². The average molecular weight is 469 g/mol. The number of amides is 1. The fourth-order valence-corrected chi connectivity index (χ4v) is 3.92. The van der Waals surface area contributed by atoms with Gasteiger partial charge in [0.15, 0.2) is 0 Å². The third kappa shape index (κ3) is 4.56. The van der Waals surface area contributed by atoms with E-state index in [1.165, 1.54) is 0 Å². The van der Waals surface area contributed by atoms with E-state index in [0.29, 0.717) is 13.1 Å². The van der Waals surface area contributed by atoms with Gasteiger partial charge < -0.3 is 14.5 Å². The fraction of sp³-hybridized carbons (Fsp3) is 0.348. The van der Waals surface area contributed by atoms with Crippen molar-refractivity contribution in [2.24, 2.45) is 0 Å². The van der Waals surface area contributed by atoms with E-state index in [9.17, 15) is 4.79 Å². The lowest BCUT2D eigenvalue weighted by Crippen LogP contribution is -2.50. The molecule has 7 heteroatoms. The largest absolute Gasteiger partial charge is 0.444 e. The Bertz CT molecular complexity index is 1050. The second kappa shape index (κ2) is 8.22. The maximum Gasteiger partial charge on any atom is 0.410 e. The van der Waals surface area contributed by atoms with Crippen LogP contribution >= 0.6 is 15.9 Å². The monoisotopic (exact) mass is 468 g/mol. The fourth-order valence-electron chi connectivity index (χ4n) is 3.56. The van der Waals surface area contributed by atoms with Gasteiger partial charge in [-0.1, -0.05) is 28.1 Å². The van der Waals surface area contributed by atoms with Crippen LogP contribution in [0, 0.1) is 0 Å². The number of nitrogens with zero attached hydrogens (tertiary/aromatic N) is 4. The maximum atomic E-state index is 12.3. The van der Waals surface area contributed by atoms with Crippen LogP contribution < -0.4 is 4.90 Å². The Labute approximate surface area is 185 Å². The molecule has 0 N–H and O–H groups in total. The molecule has 0 spiro atoms. The van der Waals surface area contributed by atoms with Gasteiger partial charge in [-0.25, -0.2) is 14.8 Å². The molecule has 0 radical (unpaired) electrons. The Morgan fingerprint density at radius 2 is 1.70 bits per heavy atom. The minimum atomic E-state index is -0.467. The summed E-state index contributed by atoms with van der Waals surface area (Å²) in [5, 5.41) is 1.02. The molecule has 2 aromatic carbocycles. The molecule has 1 fully saturated rings. The number of ether oxygens (including phenoxy) is 1. The summed E-state index contributed by atoms with van der Waals surface area (Å²) in [5.41, 5.74) is 3.57. The smallest absolute Gasteiger partial charge is 0.410 e. The number of piperazine rings is 1. The number of halogens is 1. The van der Waals surface area contributed by atoms with Crippen LogP contribution in [-0.4, -0.2) is 52.7 Å². The molecule has 2 heterocycles.